The minimum absolute atomic E-state index is 0.285. The van der Waals surface area contributed by atoms with E-state index in [1.165, 1.54) is 18.4 Å². The van der Waals surface area contributed by atoms with Crippen LogP contribution in [0.4, 0.5) is 5.82 Å². The molecule has 1 aromatic rings. The molecule has 2 aliphatic rings. The van der Waals surface area contributed by atoms with E-state index in [1.807, 2.05) is 18.0 Å². The van der Waals surface area contributed by atoms with Gasteiger partial charge < -0.3 is 15.1 Å². The molecule has 2 aliphatic heterocycles. The third-order valence-corrected chi connectivity index (χ3v) is 6.01. The summed E-state index contributed by atoms with van der Waals surface area (Å²) in [4.78, 5) is 14.3. The van der Waals surface area contributed by atoms with Crippen molar-refractivity contribution in [3.63, 3.8) is 0 Å². The largest absolute Gasteiger partial charge is 0.357 e. The van der Waals surface area contributed by atoms with Crippen molar-refractivity contribution in [3.8, 4) is 0 Å². The number of aliphatic imine (C=N–C) groups is 1. The van der Waals surface area contributed by atoms with Gasteiger partial charge in [-0.05, 0) is 45.2 Å². The first kappa shape index (κ1) is 18.4. The molecule has 1 N–H and O–H groups in total. The van der Waals surface area contributed by atoms with Crippen molar-refractivity contribution >= 4 is 23.5 Å². The Bertz CT molecular complexity index is 578. The molecule has 138 valence electrons. The molecule has 0 aromatic carbocycles. The standard InChI is InChI=1S/C19H31N5S/c1-4-20-18(24-11-12-25-19(2,3)15-24)22-14-16-7-8-17(21-13-16)23-9-5-6-10-23/h7-8,13H,4-6,9-12,14-15H2,1-3H3,(H,20,22). The number of thioether (sulfide) groups is 1. The minimum Gasteiger partial charge on any atom is -0.357 e. The number of nitrogens with one attached hydrogen (secondary N) is 1. The fraction of sp³-hybridized carbons (Fsp3) is 0.684. The van der Waals surface area contributed by atoms with Crippen molar-refractivity contribution in [2.45, 2.75) is 44.9 Å². The van der Waals surface area contributed by atoms with Crippen LogP contribution in [0.1, 0.15) is 39.2 Å². The van der Waals surface area contributed by atoms with Crippen molar-refractivity contribution in [3.05, 3.63) is 23.9 Å². The van der Waals surface area contributed by atoms with E-state index in [-0.39, 0.29) is 4.75 Å². The summed E-state index contributed by atoms with van der Waals surface area (Å²) in [5.74, 6) is 3.29. The highest BCUT2D eigenvalue weighted by molar-refractivity contribution is 8.00. The zero-order valence-corrected chi connectivity index (χ0v) is 16.6. The van der Waals surface area contributed by atoms with Gasteiger partial charge >= 0.3 is 0 Å². The quantitative estimate of drug-likeness (QED) is 0.660. The Kier molecular flexibility index (Phi) is 6.10. The molecule has 0 aliphatic carbocycles. The molecule has 1 aromatic heterocycles. The Morgan fingerprint density at radius 1 is 1.28 bits per heavy atom. The van der Waals surface area contributed by atoms with E-state index in [1.54, 1.807) is 0 Å². The first-order valence-corrected chi connectivity index (χ1v) is 10.4. The molecule has 0 atom stereocenters. The van der Waals surface area contributed by atoms with Crippen LogP contribution >= 0.6 is 11.8 Å². The zero-order chi connectivity index (χ0) is 17.7. The summed E-state index contributed by atoms with van der Waals surface area (Å²) < 4.78 is 0.285. The Hall–Kier alpha value is -1.43. The van der Waals surface area contributed by atoms with E-state index in [2.05, 4.69) is 53.0 Å². The number of nitrogens with zero attached hydrogens (tertiary/aromatic N) is 4. The molecule has 0 spiro atoms. The zero-order valence-electron chi connectivity index (χ0n) is 15.8. The number of rotatable bonds is 4. The maximum atomic E-state index is 4.87. The van der Waals surface area contributed by atoms with E-state index in [0.717, 1.165) is 50.3 Å². The van der Waals surface area contributed by atoms with Crippen LogP contribution in [-0.2, 0) is 6.54 Å². The normalized spacial score (nSPS) is 20.8. The van der Waals surface area contributed by atoms with Crippen LogP contribution in [-0.4, -0.2) is 59.1 Å². The van der Waals surface area contributed by atoms with E-state index in [0.29, 0.717) is 6.54 Å². The van der Waals surface area contributed by atoms with E-state index >= 15 is 0 Å². The molecule has 0 amide bonds. The second-order valence-electron chi connectivity index (χ2n) is 7.42. The summed E-state index contributed by atoms with van der Waals surface area (Å²) >= 11 is 2.05. The lowest BCUT2D eigenvalue weighted by atomic mass is 10.2. The Morgan fingerprint density at radius 3 is 2.72 bits per heavy atom. The number of hydrogen-bond donors (Lipinski definition) is 1. The summed E-state index contributed by atoms with van der Waals surface area (Å²) in [5, 5.41) is 3.45. The maximum Gasteiger partial charge on any atom is 0.194 e. The highest BCUT2D eigenvalue weighted by atomic mass is 32.2. The molecular formula is C19H31N5S. The van der Waals surface area contributed by atoms with Gasteiger partial charge in [-0.25, -0.2) is 9.98 Å². The molecular weight excluding hydrogens is 330 g/mol. The number of hydrogen-bond acceptors (Lipinski definition) is 4. The van der Waals surface area contributed by atoms with Gasteiger partial charge in [-0.2, -0.15) is 11.8 Å². The van der Waals surface area contributed by atoms with Crippen LogP contribution in [0.25, 0.3) is 0 Å². The molecule has 2 fully saturated rings. The van der Waals surface area contributed by atoms with Crippen LogP contribution in [0, 0.1) is 0 Å². The third-order valence-electron chi connectivity index (χ3n) is 4.71. The number of pyridine rings is 1. The van der Waals surface area contributed by atoms with Gasteiger partial charge in [0.15, 0.2) is 5.96 Å². The highest BCUT2D eigenvalue weighted by Crippen LogP contribution is 2.29. The van der Waals surface area contributed by atoms with Crippen LogP contribution in [0.5, 0.6) is 0 Å². The molecule has 2 saturated heterocycles. The van der Waals surface area contributed by atoms with Crippen molar-refractivity contribution in [2.24, 2.45) is 4.99 Å². The highest BCUT2D eigenvalue weighted by Gasteiger charge is 2.28. The average molecular weight is 362 g/mol. The van der Waals surface area contributed by atoms with E-state index < -0.39 is 0 Å². The summed E-state index contributed by atoms with van der Waals surface area (Å²) in [6.07, 6.45) is 4.55. The maximum absolute atomic E-state index is 4.87. The van der Waals surface area contributed by atoms with E-state index in [4.69, 9.17) is 4.99 Å². The predicted octanol–water partition coefficient (Wildman–Crippen LogP) is 2.97. The van der Waals surface area contributed by atoms with Crippen molar-refractivity contribution < 1.29 is 0 Å². The first-order valence-electron chi connectivity index (χ1n) is 9.44. The molecule has 3 heterocycles. The van der Waals surface area contributed by atoms with Gasteiger partial charge in [-0.1, -0.05) is 6.07 Å². The summed E-state index contributed by atoms with van der Waals surface area (Å²) in [5.41, 5.74) is 1.17. The van der Waals surface area contributed by atoms with Gasteiger partial charge in [0, 0.05) is 49.4 Å². The van der Waals surface area contributed by atoms with Gasteiger partial charge in [0.25, 0.3) is 0 Å². The van der Waals surface area contributed by atoms with Crippen LogP contribution in [0.15, 0.2) is 23.3 Å². The molecule has 0 bridgehead atoms. The SMILES string of the molecule is CCNC(=NCc1ccc(N2CCCC2)nc1)N1CCSC(C)(C)C1. The van der Waals surface area contributed by atoms with Crippen LogP contribution in [0.3, 0.4) is 0 Å². The first-order chi connectivity index (χ1) is 12.1. The lowest BCUT2D eigenvalue weighted by Crippen LogP contribution is -2.50. The summed E-state index contributed by atoms with van der Waals surface area (Å²) in [6.45, 7) is 12.7. The van der Waals surface area contributed by atoms with Crippen LogP contribution < -0.4 is 10.2 Å². The smallest absolute Gasteiger partial charge is 0.194 e. The Morgan fingerprint density at radius 2 is 2.08 bits per heavy atom. The fourth-order valence-corrected chi connectivity index (χ4v) is 4.54. The molecule has 0 radical (unpaired) electrons. The van der Waals surface area contributed by atoms with Crippen molar-refractivity contribution in [1.82, 2.24) is 15.2 Å². The Balaban J connectivity index is 1.64. The predicted molar refractivity (Wildman–Crippen MR) is 109 cm³/mol. The van der Waals surface area contributed by atoms with Gasteiger partial charge in [-0.3, -0.25) is 0 Å². The number of anilines is 1. The lowest BCUT2D eigenvalue weighted by Gasteiger charge is -2.39. The van der Waals surface area contributed by atoms with Gasteiger partial charge in [0.2, 0.25) is 0 Å². The Labute approximate surface area is 156 Å². The molecule has 5 nitrogen and oxygen atoms in total. The fourth-order valence-electron chi connectivity index (χ4n) is 3.43. The molecule has 3 rings (SSSR count). The van der Waals surface area contributed by atoms with Gasteiger partial charge in [0.1, 0.15) is 5.82 Å². The molecule has 25 heavy (non-hydrogen) atoms. The van der Waals surface area contributed by atoms with Gasteiger partial charge in [0.05, 0.1) is 6.54 Å². The van der Waals surface area contributed by atoms with Gasteiger partial charge in [-0.15, -0.1) is 0 Å². The van der Waals surface area contributed by atoms with Crippen LogP contribution in [0.2, 0.25) is 0 Å². The summed E-state index contributed by atoms with van der Waals surface area (Å²) in [7, 11) is 0. The van der Waals surface area contributed by atoms with E-state index in [9.17, 15) is 0 Å². The second-order valence-corrected chi connectivity index (χ2v) is 9.22. The number of aromatic nitrogens is 1. The minimum atomic E-state index is 0.285. The molecule has 0 unspecified atom stereocenters. The van der Waals surface area contributed by atoms with Crippen molar-refractivity contribution in [2.75, 3.05) is 43.4 Å². The second kappa shape index (κ2) is 8.30. The monoisotopic (exact) mass is 361 g/mol. The summed E-state index contributed by atoms with van der Waals surface area (Å²) in [6, 6.07) is 4.31. The topological polar surface area (TPSA) is 43.8 Å². The average Bonchev–Trinajstić information content (AvgIpc) is 3.13. The number of guanidine groups is 1. The molecule has 0 saturated carbocycles. The van der Waals surface area contributed by atoms with Crippen molar-refractivity contribution in [1.29, 1.82) is 0 Å². The molecule has 6 heteroatoms. The lowest BCUT2D eigenvalue weighted by molar-refractivity contribution is 0.376. The third kappa shape index (κ3) is 5.03.